The Bertz CT molecular complexity index is 976. The molecule has 162 valence electrons. The van der Waals surface area contributed by atoms with Crippen LogP contribution < -0.4 is 10.6 Å². The zero-order valence-electron chi connectivity index (χ0n) is 17.3. The lowest BCUT2D eigenvalue weighted by atomic mass is 10.1. The standard InChI is InChI=1S/C22H28ClN3O3S/c1-16(18-9-5-3-6-10-18)24-17(2)22(27)25-21-15-19(11-12-20(21)23)30(28,29)26-13-7-4-8-14-26/h3,5-6,9-12,15-17,24H,4,7-8,13-14H2,1-2H3,(H,25,27). The number of amides is 1. The highest BCUT2D eigenvalue weighted by Crippen LogP contribution is 2.28. The SMILES string of the molecule is CC(NC(C)c1ccccc1)C(=O)Nc1cc(S(=O)(=O)N2CCCCC2)ccc1Cl. The van der Waals surface area contributed by atoms with E-state index in [4.69, 9.17) is 11.6 Å². The molecule has 0 aliphatic carbocycles. The van der Waals surface area contributed by atoms with Gasteiger partial charge in [-0.15, -0.1) is 0 Å². The van der Waals surface area contributed by atoms with Crippen LogP contribution in [0.3, 0.4) is 0 Å². The highest BCUT2D eigenvalue weighted by molar-refractivity contribution is 7.89. The lowest BCUT2D eigenvalue weighted by molar-refractivity contribution is -0.117. The molecule has 1 saturated heterocycles. The zero-order chi connectivity index (χ0) is 21.7. The van der Waals surface area contributed by atoms with Crippen molar-refractivity contribution < 1.29 is 13.2 Å². The van der Waals surface area contributed by atoms with Crippen LogP contribution in [0.15, 0.2) is 53.4 Å². The first-order chi connectivity index (χ1) is 14.3. The molecule has 3 rings (SSSR count). The smallest absolute Gasteiger partial charge is 0.243 e. The highest BCUT2D eigenvalue weighted by Gasteiger charge is 2.27. The van der Waals surface area contributed by atoms with E-state index in [0.29, 0.717) is 23.8 Å². The number of carbonyl (C=O) groups excluding carboxylic acids is 1. The molecular weight excluding hydrogens is 422 g/mol. The quantitative estimate of drug-likeness (QED) is 0.664. The van der Waals surface area contributed by atoms with Gasteiger partial charge in [-0.3, -0.25) is 10.1 Å². The van der Waals surface area contributed by atoms with Crippen LogP contribution in [0.2, 0.25) is 5.02 Å². The summed E-state index contributed by atoms with van der Waals surface area (Å²) < 4.78 is 27.4. The third-order valence-corrected chi connectivity index (χ3v) is 7.57. The molecule has 0 aromatic heterocycles. The van der Waals surface area contributed by atoms with E-state index in [-0.39, 0.29) is 16.8 Å². The van der Waals surface area contributed by atoms with Crippen molar-refractivity contribution in [3.63, 3.8) is 0 Å². The molecule has 8 heteroatoms. The molecule has 6 nitrogen and oxygen atoms in total. The summed E-state index contributed by atoms with van der Waals surface area (Å²) in [5.74, 6) is -0.285. The summed E-state index contributed by atoms with van der Waals surface area (Å²) in [5, 5.41) is 6.31. The Kier molecular flexibility index (Phi) is 7.52. The third kappa shape index (κ3) is 5.40. The minimum atomic E-state index is -3.60. The van der Waals surface area contributed by atoms with Gasteiger partial charge in [-0.25, -0.2) is 8.42 Å². The van der Waals surface area contributed by atoms with E-state index >= 15 is 0 Å². The van der Waals surface area contributed by atoms with Gasteiger partial charge in [0.15, 0.2) is 0 Å². The van der Waals surface area contributed by atoms with E-state index in [2.05, 4.69) is 10.6 Å². The summed E-state index contributed by atoms with van der Waals surface area (Å²) in [5.41, 5.74) is 1.37. The average Bonchev–Trinajstić information content (AvgIpc) is 2.76. The van der Waals surface area contributed by atoms with E-state index < -0.39 is 16.1 Å². The van der Waals surface area contributed by atoms with Crippen molar-refractivity contribution in [1.82, 2.24) is 9.62 Å². The molecule has 1 aliphatic rings. The first-order valence-electron chi connectivity index (χ1n) is 10.2. The molecule has 2 aromatic carbocycles. The minimum Gasteiger partial charge on any atom is -0.323 e. The molecule has 2 unspecified atom stereocenters. The lowest BCUT2D eigenvalue weighted by Crippen LogP contribution is -2.39. The van der Waals surface area contributed by atoms with Gasteiger partial charge in [-0.1, -0.05) is 48.4 Å². The number of hydrogen-bond donors (Lipinski definition) is 2. The first-order valence-corrected chi connectivity index (χ1v) is 12.0. The summed E-state index contributed by atoms with van der Waals surface area (Å²) in [6.45, 7) is 4.78. The highest BCUT2D eigenvalue weighted by atomic mass is 35.5. The van der Waals surface area contributed by atoms with E-state index in [1.807, 2.05) is 37.3 Å². The molecule has 0 saturated carbocycles. The number of piperidine rings is 1. The summed E-state index contributed by atoms with van der Waals surface area (Å²) in [6.07, 6.45) is 2.76. The van der Waals surface area contributed by atoms with E-state index in [0.717, 1.165) is 24.8 Å². The van der Waals surface area contributed by atoms with Gasteiger partial charge in [0.2, 0.25) is 15.9 Å². The molecule has 1 amide bonds. The summed E-state index contributed by atoms with van der Waals surface area (Å²) in [7, 11) is -3.60. The predicted molar refractivity (Wildman–Crippen MR) is 120 cm³/mol. The average molecular weight is 450 g/mol. The maximum absolute atomic E-state index is 12.9. The number of sulfonamides is 1. The van der Waals surface area contributed by atoms with Crippen LogP contribution in [0.5, 0.6) is 0 Å². The predicted octanol–water partition coefficient (Wildman–Crippen LogP) is 4.19. The van der Waals surface area contributed by atoms with E-state index in [1.165, 1.54) is 22.5 Å². The normalized spacial score (nSPS) is 17.3. The van der Waals surface area contributed by atoms with Gasteiger partial charge in [0.1, 0.15) is 0 Å². The Morgan fingerprint density at radius 2 is 1.70 bits per heavy atom. The van der Waals surface area contributed by atoms with Crippen LogP contribution >= 0.6 is 11.6 Å². The number of nitrogens with one attached hydrogen (secondary N) is 2. The topological polar surface area (TPSA) is 78.5 Å². The Morgan fingerprint density at radius 1 is 1.03 bits per heavy atom. The summed E-state index contributed by atoms with van der Waals surface area (Å²) in [4.78, 5) is 12.8. The molecule has 0 spiro atoms. The number of anilines is 1. The van der Waals surface area contributed by atoms with Crippen LogP contribution in [0, 0.1) is 0 Å². The second-order valence-electron chi connectivity index (χ2n) is 7.62. The van der Waals surface area contributed by atoms with Gasteiger partial charge < -0.3 is 5.32 Å². The monoisotopic (exact) mass is 449 g/mol. The molecule has 0 bridgehead atoms. The molecule has 1 fully saturated rings. The fourth-order valence-electron chi connectivity index (χ4n) is 3.54. The van der Waals surface area contributed by atoms with E-state index in [9.17, 15) is 13.2 Å². The Balaban J connectivity index is 1.71. The number of hydrogen-bond acceptors (Lipinski definition) is 4. The molecule has 2 atom stereocenters. The molecule has 0 radical (unpaired) electrons. The van der Waals surface area contributed by atoms with Gasteiger partial charge in [0.05, 0.1) is 21.6 Å². The number of halogens is 1. The second kappa shape index (κ2) is 9.92. The number of carbonyl (C=O) groups is 1. The molecular formula is C22H28ClN3O3S. The molecule has 30 heavy (non-hydrogen) atoms. The van der Waals surface area contributed by atoms with Crippen molar-refractivity contribution in [3.8, 4) is 0 Å². The minimum absolute atomic E-state index is 0.0202. The Labute approximate surface area is 183 Å². The Hall–Kier alpha value is -1.93. The van der Waals surface area contributed by atoms with Crippen LogP contribution in [0.4, 0.5) is 5.69 Å². The summed E-state index contributed by atoms with van der Waals surface area (Å²) in [6, 6.07) is 13.8. The van der Waals surface area contributed by atoms with Crippen molar-refractivity contribution in [1.29, 1.82) is 0 Å². The van der Waals surface area contributed by atoms with Crippen LogP contribution in [-0.2, 0) is 14.8 Å². The molecule has 2 aromatic rings. The van der Waals surface area contributed by atoms with Crippen LogP contribution in [0.25, 0.3) is 0 Å². The van der Waals surface area contributed by atoms with Crippen molar-refractivity contribution in [3.05, 3.63) is 59.1 Å². The molecule has 1 aliphatic heterocycles. The summed E-state index contributed by atoms with van der Waals surface area (Å²) >= 11 is 6.24. The number of rotatable bonds is 7. The number of nitrogens with zero attached hydrogens (tertiary/aromatic N) is 1. The third-order valence-electron chi connectivity index (χ3n) is 5.34. The van der Waals surface area contributed by atoms with Gasteiger partial charge in [-0.2, -0.15) is 4.31 Å². The van der Waals surface area contributed by atoms with Crippen LogP contribution in [-0.4, -0.2) is 37.8 Å². The fraction of sp³-hybridized carbons (Fsp3) is 0.409. The van der Waals surface area contributed by atoms with Gasteiger partial charge >= 0.3 is 0 Å². The van der Waals surface area contributed by atoms with Crippen molar-refractivity contribution >= 4 is 33.2 Å². The lowest BCUT2D eigenvalue weighted by Gasteiger charge is -2.26. The Morgan fingerprint density at radius 3 is 2.37 bits per heavy atom. The molecule has 1 heterocycles. The zero-order valence-corrected chi connectivity index (χ0v) is 18.8. The second-order valence-corrected chi connectivity index (χ2v) is 9.96. The van der Waals surface area contributed by atoms with Gasteiger partial charge in [-0.05, 0) is 50.5 Å². The van der Waals surface area contributed by atoms with Crippen molar-refractivity contribution in [2.45, 2.75) is 50.1 Å². The largest absolute Gasteiger partial charge is 0.323 e. The van der Waals surface area contributed by atoms with Crippen LogP contribution in [0.1, 0.15) is 44.7 Å². The maximum Gasteiger partial charge on any atom is 0.243 e. The molecule has 2 N–H and O–H groups in total. The van der Waals surface area contributed by atoms with Crippen molar-refractivity contribution in [2.75, 3.05) is 18.4 Å². The van der Waals surface area contributed by atoms with E-state index in [1.54, 1.807) is 6.92 Å². The maximum atomic E-state index is 12.9. The number of benzene rings is 2. The van der Waals surface area contributed by atoms with Gasteiger partial charge in [0.25, 0.3) is 0 Å². The van der Waals surface area contributed by atoms with Crippen molar-refractivity contribution in [2.24, 2.45) is 0 Å². The first kappa shape index (κ1) is 22.7. The van der Waals surface area contributed by atoms with Gasteiger partial charge in [0, 0.05) is 19.1 Å². The fourth-order valence-corrected chi connectivity index (χ4v) is 5.25.